The van der Waals surface area contributed by atoms with Crippen molar-refractivity contribution in [3.8, 4) is 0 Å². The minimum Gasteiger partial charge on any atom is -0.352 e. The van der Waals surface area contributed by atoms with Crippen LogP contribution in [-0.2, 0) is 32.6 Å². The van der Waals surface area contributed by atoms with Gasteiger partial charge >= 0.3 is 0 Å². The molecule has 0 radical (unpaired) electrons. The van der Waals surface area contributed by atoms with Gasteiger partial charge in [0.25, 0.3) is 10.0 Å². The number of nitrogens with one attached hydrogen (secondary N) is 1. The summed E-state index contributed by atoms with van der Waals surface area (Å²) >= 11 is 18.7. The van der Waals surface area contributed by atoms with Gasteiger partial charge in [-0.2, -0.15) is 0 Å². The van der Waals surface area contributed by atoms with E-state index in [-0.39, 0.29) is 35.5 Å². The normalized spacial score (nSPS) is 14.0. The van der Waals surface area contributed by atoms with Crippen molar-refractivity contribution in [1.82, 2.24) is 10.2 Å². The third-order valence-electron chi connectivity index (χ3n) is 8.31. The zero-order valence-corrected chi connectivity index (χ0v) is 29.0. The highest BCUT2D eigenvalue weighted by molar-refractivity contribution is 7.92. The molecule has 7 nitrogen and oxygen atoms in total. The molecule has 1 fully saturated rings. The number of halogens is 3. The molecule has 0 saturated heterocycles. The zero-order valence-electron chi connectivity index (χ0n) is 25.9. The number of rotatable bonds is 12. The number of sulfonamides is 1. The van der Waals surface area contributed by atoms with Gasteiger partial charge in [0.05, 0.1) is 20.6 Å². The van der Waals surface area contributed by atoms with Gasteiger partial charge in [-0.25, -0.2) is 8.42 Å². The highest BCUT2D eigenvalue weighted by Crippen LogP contribution is 2.28. The number of aryl methyl sites for hydroxylation is 1. The fraction of sp³-hybridized carbons (Fsp3) is 0.278. The molecule has 246 valence electrons. The van der Waals surface area contributed by atoms with Crippen LogP contribution < -0.4 is 9.62 Å². The van der Waals surface area contributed by atoms with Crippen LogP contribution in [0.25, 0.3) is 0 Å². The fourth-order valence-electron chi connectivity index (χ4n) is 5.73. The number of carbonyl (C=O) groups is 2. The molecular formula is C36H36Cl3N3O4S. The summed E-state index contributed by atoms with van der Waals surface area (Å²) in [6, 6.07) is 26.2. The van der Waals surface area contributed by atoms with Crippen LogP contribution in [0.5, 0.6) is 0 Å². The zero-order chi connectivity index (χ0) is 33.6. The summed E-state index contributed by atoms with van der Waals surface area (Å²) in [7, 11) is -4.22. The van der Waals surface area contributed by atoms with Gasteiger partial charge in [-0.05, 0) is 79.4 Å². The molecule has 0 bridgehead atoms. The van der Waals surface area contributed by atoms with Crippen LogP contribution in [0, 0.1) is 6.92 Å². The van der Waals surface area contributed by atoms with Crippen molar-refractivity contribution in [1.29, 1.82) is 0 Å². The van der Waals surface area contributed by atoms with Crippen molar-refractivity contribution in [2.45, 2.75) is 62.6 Å². The summed E-state index contributed by atoms with van der Waals surface area (Å²) in [4.78, 5) is 30.2. The Labute approximate surface area is 291 Å². The van der Waals surface area contributed by atoms with E-state index in [1.54, 1.807) is 54.6 Å². The van der Waals surface area contributed by atoms with E-state index in [2.05, 4.69) is 5.32 Å². The number of hydrogen-bond acceptors (Lipinski definition) is 4. The SMILES string of the molecule is Cc1ccc(S(=O)(=O)N(CC(=O)N(Cc2ccc(Cl)c(Cl)c2)[C@H](Cc2ccccc2)C(=O)NC2CCCC2)c2ccc(Cl)cc2)cc1. The summed E-state index contributed by atoms with van der Waals surface area (Å²) < 4.78 is 29.4. The topological polar surface area (TPSA) is 86.8 Å². The van der Waals surface area contributed by atoms with Gasteiger partial charge in [0.1, 0.15) is 12.6 Å². The summed E-state index contributed by atoms with van der Waals surface area (Å²) in [6.07, 6.45) is 3.99. The molecule has 0 unspecified atom stereocenters. The molecule has 5 rings (SSSR count). The summed E-state index contributed by atoms with van der Waals surface area (Å²) in [5.41, 5.74) is 2.64. The number of carbonyl (C=O) groups excluding carboxylic acids is 2. The number of nitrogens with zero attached hydrogens (tertiary/aromatic N) is 2. The Morgan fingerprint density at radius 1 is 0.830 bits per heavy atom. The van der Waals surface area contributed by atoms with Crippen LogP contribution >= 0.6 is 34.8 Å². The fourth-order valence-corrected chi connectivity index (χ4v) is 7.59. The highest BCUT2D eigenvalue weighted by Gasteiger charge is 2.35. The molecule has 1 saturated carbocycles. The lowest BCUT2D eigenvalue weighted by Gasteiger charge is -2.34. The third kappa shape index (κ3) is 8.87. The van der Waals surface area contributed by atoms with Gasteiger partial charge in [-0.3, -0.25) is 13.9 Å². The van der Waals surface area contributed by atoms with Crippen LogP contribution in [0.3, 0.4) is 0 Å². The number of hydrogen-bond donors (Lipinski definition) is 1. The summed E-state index contributed by atoms with van der Waals surface area (Å²) in [5, 5.41) is 4.24. The van der Waals surface area contributed by atoms with Crippen molar-refractivity contribution >= 4 is 62.3 Å². The molecular weight excluding hydrogens is 677 g/mol. The molecule has 1 N–H and O–H groups in total. The third-order valence-corrected chi connectivity index (χ3v) is 11.1. The predicted octanol–water partition coefficient (Wildman–Crippen LogP) is 7.85. The quantitative estimate of drug-likeness (QED) is 0.162. The van der Waals surface area contributed by atoms with Crippen LogP contribution in [0.1, 0.15) is 42.4 Å². The van der Waals surface area contributed by atoms with Gasteiger partial charge in [0, 0.05) is 24.0 Å². The Balaban J connectivity index is 1.57. The van der Waals surface area contributed by atoms with Crippen molar-refractivity contribution in [2.75, 3.05) is 10.8 Å². The lowest BCUT2D eigenvalue weighted by molar-refractivity contribution is -0.140. The van der Waals surface area contributed by atoms with Crippen LogP contribution in [0.2, 0.25) is 15.1 Å². The van der Waals surface area contributed by atoms with Crippen LogP contribution in [0.15, 0.2) is 102 Å². The van der Waals surface area contributed by atoms with E-state index >= 15 is 0 Å². The molecule has 4 aromatic carbocycles. The number of anilines is 1. The number of benzene rings is 4. The van der Waals surface area contributed by atoms with E-state index in [1.165, 1.54) is 17.0 Å². The Morgan fingerprint density at radius 2 is 1.49 bits per heavy atom. The van der Waals surface area contributed by atoms with Crippen LogP contribution in [0.4, 0.5) is 5.69 Å². The average molecular weight is 713 g/mol. The molecule has 1 aliphatic rings. The first-order chi connectivity index (χ1) is 22.5. The van der Waals surface area contributed by atoms with Gasteiger partial charge < -0.3 is 10.2 Å². The predicted molar refractivity (Wildman–Crippen MR) is 189 cm³/mol. The lowest BCUT2D eigenvalue weighted by Crippen LogP contribution is -2.54. The maximum atomic E-state index is 14.6. The highest BCUT2D eigenvalue weighted by atomic mass is 35.5. The van der Waals surface area contributed by atoms with Crippen molar-refractivity contribution in [3.63, 3.8) is 0 Å². The Hall–Kier alpha value is -3.56. The minimum absolute atomic E-state index is 0.00943. The van der Waals surface area contributed by atoms with Gasteiger partial charge in [0.15, 0.2) is 0 Å². The largest absolute Gasteiger partial charge is 0.352 e. The van der Waals surface area contributed by atoms with Gasteiger partial charge in [-0.1, -0.05) is 102 Å². The first kappa shape index (κ1) is 34.8. The molecule has 1 atom stereocenters. The van der Waals surface area contributed by atoms with Crippen LogP contribution in [-0.4, -0.2) is 43.8 Å². The molecule has 0 heterocycles. The smallest absolute Gasteiger partial charge is 0.264 e. The van der Waals surface area contributed by atoms with E-state index in [0.29, 0.717) is 20.6 Å². The standard InChI is InChI=1S/C36H36Cl3N3O4S/c1-25-11-18-31(19-12-25)47(45,46)42(30-16-14-28(37)15-17-30)24-35(43)41(23-27-13-20-32(38)33(39)21-27)34(22-26-7-3-2-4-8-26)36(44)40-29-9-5-6-10-29/h2-4,7-8,11-21,29,34H,5-6,9-10,22-24H2,1H3,(H,40,44)/t34-/m1/s1. The van der Waals surface area contributed by atoms with E-state index < -0.39 is 28.5 Å². The van der Waals surface area contributed by atoms with Crippen molar-refractivity contribution < 1.29 is 18.0 Å². The van der Waals surface area contributed by atoms with E-state index in [0.717, 1.165) is 41.1 Å². The molecule has 4 aromatic rings. The maximum absolute atomic E-state index is 14.6. The molecule has 47 heavy (non-hydrogen) atoms. The molecule has 0 aliphatic heterocycles. The van der Waals surface area contributed by atoms with Gasteiger partial charge in [-0.15, -0.1) is 0 Å². The second kappa shape index (κ2) is 15.6. The molecule has 1 aliphatic carbocycles. The molecule has 11 heteroatoms. The first-order valence-electron chi connectivity index (χ1n) is 15.4. The Kier molecular flexibility index (Phi) is 11.5. The second-order valence-corrected chi connectivity index (χ2v) is 14.9. The molecule has 0 spiro atoms. The average Bonchev–Trinajstić information content (AvgIpc) is 3.57. The Bertz CT molecular complexity index is 1800. The van der Waals surface area contributed by atoms with E-state index in [4.69, 9.17) is 34.8 Å². The van der Waals surface area contributed by atoms with Crippen molar-refractivity contribution in [3.05, 3.63) is 129 Å². The lowest BCUT2D eigenvalue weighted by atomic mass is 10.0. The van der Waals surface area contributed by atoms with Gasteiger partial charge in [0.2, 0.25) is 11.8 Å². The maximum Gasteiger partial charge on any atom is 0.264 e. The molecule has 2 amide bonds. The summed E-state index contributed by atoms with van der Waals surface area (Å²) in [5.74, 6) is -0.863. The molecule has 0 aromatic heterocycles. The second-order valence-electron chi connectivity index (χ2n) is 11.8. The summed E-state index contributed by atoms with van der Waals surface area (Å²) in [6.45, 7) is 1.28. The van der Waals surface area contributed by atoms with E-state index in [9.17, 15) is 18.0 Å². The Morgan fingerprint density at radius 3 is 2.13 bits per heavy atom. The van der Waals surface area contributed by atoms with Crippen molar-refractivity contribution in [2.24, 2.45) is 0 Å². The van der Waals surface area contributed by atoms with E-state index in [1.807, 2.05) is 37.3 Å². The minimum atomic E-state index is -4.22. The monoisotopic (exact) mass is 711 g/mol. The number of amides is 2. The first-order valence-corrected chi connectivity index (χ1v) is 18.0.